The van der Waals surface area contributed by atoms with Crippen molar-refractivity contribution in [3.63, 3.8) is 0 Å². The lowest BCUT2D eigenvalue weighted by atomic mass is 9.94. The molecule has 2 heterocycles. The maximum absolute atomic E-state index is 11.8. The molecule has 2 atom stereocenters. The number of rotatable bonds is 3. The topological polar surface area (TPSA) is 76.2 Å². The van der Waals surface area contributed by atoms with Gasteiger partial charge in [-0.25, -0.2) is 8.42 Å². The fourth-order valence-corrected chi connectivity index (χ4v) is 3.63. The molecular formula is C12H22N2O5S. The van der Waals surface area contributed by atoms with Gasteiger partial charge in [-0.05, 0) is 6.42 Å². The summed E-state index contributed by atoms with van der Waals surface area (Å²) in [5, 5.41) is 0. The first-order valence-corrected chi connectivity index (χ1v) is 8.60. The zero-order chi connectivity index (χ0) is 14.8. The fourth-order valence-electron chi connectivity index (χ4n) is 2.76. The number of methoxy groups -OCH3 is 1. The monoisotopic (exact) mass is 306 g/mol. The van der Waals surface area contributed by atoms with Crippen LogP contribution in [-0.4, -0.2) is 82.4 Å². The third-order valence-electron chi connectivity index (χ3n) is 3.90. The highest BCUT2D eigenvalue weighted by Crippen LogP contribution is 2.25. The van der Waals surface area contributed by atoms with Crippen LogP contribution in [0.2, 0.25) is 0 Å². The summed E-state index contributed by atoms with van der Waals surface area (Å²) in [4.78, 5) is 13.6. The predicted octanol–water partition coefficient (Wildman–Crippen LogP) is -0.858. The molecule has 116 valence electrons. The van der Waals surface area contributed by atoms with Crippen molar-refractivity contribution in [2.75, 3.05) is 52.8 Å². The molecule has 2 aliphatic rings. The maximum Gasteiger partial charge on any atom is 0.248 e. The number of hydrogen-bond acceptors (Lipinski definition) is 5. The minimum Gasteiger partial charge on any atom is -0.375 e. The van der Waals surface area contributed by atoms with Gasteiger partial charge in [-0.3, -0.25) is 4.79 Å². The number of amides is 1. The van der Waals surface area contributed by atoms with Crippen LogP contribution < -0.4 is 0 Å². The van der Waals surface area contributed by atoms with Crippen LogP contribution in [0.25, 0.3) is 0 Å². The molecule has 2 fully saturated rings. The number of fused-ring (bicyclic) bond motifs is 1. The first kappa shape index (κ1) is 15.7. The summed E-state index contributed by atoms with van der Waals surface area (Å²) in [6, 6.07) is 0. The van der Waals surface area contributed by atoms with Gasteiger partial charge < -0.3 is 14.4 Å². The predicted molar refractivity (Wildman–Crippen MR) is 72.7 cm³/mol. The Hall–Kier alpha value is -0.700. The second-order valence-electron chi connectivity index (χ2n) is 5.35. The minimum absolute atomic E-state index is 0.0428. The van der Waals surface area contributed by atoms with Gasteiger partial charge in [0.2, 0.25) is 15.9 Å². The zero-order valence-electron chi connectivity index (χ0n) is 11.9. The zero-order valence-corrected chi connectivity index (χ0v) is 12.8. The van der Waals surface area contributed by atoms with E-state index in [1.54, 1.807) is 4.90 Å². The molecule has 8 heteroatoms. The molecule has 0 spiro atoms. The molecule has 0 aromatic heterocycles. The average molecular weight is 306 g/mol. The second kappa shape index (κ2) is 6.38. The molecule has 2 saturated heterocycles. The van der Waals surface area contributed by atoms with Gasteiger partial charge in [-0.15, -0.1) is 0 Å². The molecule has 0 aromatic carbocycles. The lowest BCUT2D eigenvalue weighted by Gasteiger charge is -2.37. The van der Waals surface area contributed by atoms with E-state index in [1.165, 1.54) is 17.7 Å². The van der Waals surface area contributed by atoms with Crippen LogP contribution in [0.15, 0.2) is 0 Å². The number of ether oxygens (including phenoxy) is 2. The van der Waals surface area contributed by atoms with Gasteiger partial charge in [0.05, 0.1) is 19.0 Å². The molecule has 7 nitrogen and oxygen atoms in total. The Bertz CT molecular complexity index is 453. The highest BCUT2D eigenvalue weighted by atomic mass is 32.2. The van der Waals surface area contributed by atoms with Crippen molar-refractivity contribution in [1.82, 2.24) is 9.21 Å². The van der Waals surface area contributed by atoms with Crippen molar-refractivity contribution < 1.29 is 22.7 Å². The number of carbonyl (C=O) groups excluding carboxylic acids is 1. The van der Waals surface area contributed by atoms with E-state index in [0.717, 1.165) is 6.42 Å². The smallest absolute Gasteiger partial charge is 0.248 e. The van der Waals surface area contributed by atoms with Crippen molar-refractivity contribution >= 4 is 15.9 Å². The van der Waals surface area contributed by atoms with Gasteiger partial charge in [0.25, 0.3) is 0 Å². The molecule has 0 aromatic rings. The molecule has 0 unspecified atom stereocenters. The van der Waals surface area contributed by atoms with Crippen LogP contribution in [-0.2, 0) is 24.3 Å². The fraction of sp³-hybridized carbons (Fsp3) is 0.917. The molecule has 0 bridgehead atoms. The Morgan fingerprint density at radius 3 is 2.75 bits per heavy atom. The summed E-state index contributed by atoms with van der Waals surface area (Å²) < 4.78 is 35.4. The van der Waals surface area contributed by atoms with Crippen LogP contribution in [0, 0.1) is 5.92 Å². The third-order valence-corrected chi connectivity index (χ3v) is 5.17. The van der Waals surface area contributed by atoms with E-state index in [-0.39, 0.29) is 24.5 Å². The Labute approximate surface area is 119 Å². The van der Waals surface area contributed by atoms with E-state index in [9.17, 15) is 13.2 Å². The van der Waals surface area contributed by atoms with E-state index >= 15 is 0 Å². The molecule has 1 amide bonds. The van der Waals surface area contributed by atoms with Crippen molar-refractivity contribution in [1.29, 1.82) is 0 Å². The van der Waals surface area contributed by atoms with E-state index in [0.29, 0.717) is 32.8 Å². The highest BCUT2D eigenvalue weighted by Gasteiger charge is 2.36. The average Bonchev–Trinajstić information content (AvgIpc) is 2.59. The Morgan fingerprint density at radius 2 is 2.10 bits per heavy atom. The van der Waals surface area contributed by atoms with Crippen molar-refractivity contribution in [3.05, 3.63) is 0 Å². The number of likely N-dealkylation sites (tertiary alicyclic amines) is 1. The van der Waals surface area contributed by atoms with Crippen LogP contribution in [0.1, 0.15) is 6.42 Å². The second-order valence-corrected chi connectivity index (χ2v) is 7.33. The van der Waals surface area contributed by atoms with Crippen LogP contribution in [0.4, 0.5) is 0 Å². The molecule has 0 radical (unpaired) electrons. The summed E-state index contributed by atoms with van der Waals surface area (Å²) in [5.74, 6) is 0.109. The summed E-state index contributed by atoms with van der Waals surface area (Å²) in [6.07, 6.45) is 1.90. The summed E-state index contributed by atoms with van der Waals surface area (Å²) in [6.45, 7) is 2.47. The summed E-state index contributed by atoms with van der Waals surface area (Å²) in [7, 11) is -1.69. The first-order valence-electron chi connectivity index (χ1n) is 6.75. The van der Waals surface area contributed by atoms with Crippen LogP contribution >= 0.6 is 0 Å². The molecular weight excluding hydrogens is 284 g/mol. The summed E-state index contributed by atoms with van der Waals surface area (Å²) >= 11 is 0. The van der Waals surface area contributed by atoms with E-state index in [2.05, 4.69) is 0 Å². The van der Waals surface area contributed by atoms with Crippen molar-refractivity contribution in [3.8, 4) is 0 Å². The van der Waals surface area contributed by atoms with Crippen LogP contribution in [0.3, 0.4) is 0 Å². The Morgan fingerprint density at radius 1 is 1.35 bits per heavy atom. The number of piperidine rings is 1. The SMILES string of the molecule is COCC(=O)N1CC[C@@H]2CN(S(C)(=O)=O)CCO[C@@H]2C1. The van der Waals surface area contributed by atoms with Gasteiger partial charge in [0, 0.05) is 39.2 Å². The largest absolute Gasteiger partial charge is 0.375 e. The quantitative estimate of drug-likeness (QED) is 0.678. The van der Waals surface area contributed by atoms with Gasteiger partial charge >= 0.3 is 0 Å². The normalized spacial score (nSPS) is 28.8. The molecule has 0 N–H and O–H groups in total. The Balaban J connectivity index is 2.00. The van der Waals surface area contributed by atoms with Gasteiger partial charge in [0.1, 0.15) is 6.61 Å². The van der Waals surface area contributed by atoms with Crippen molar-refractivity contribution in [2.45, 2.75) is 12.5 Å². The highest BCUT2D eigenvalue weighted by molar-refractivity contribution is 7.88. The van der Waals surface area contributed by atoms with Gasteiger partial charge in [-0.2, -0.15) is 4.31 Å². The number of carbonyl (C=O) groups is 1. The molecule has 0 saturated carbocycles. The Kier molecular flexibility index (Phi) is 5.00. The molecule has 2 rings (SSSR count). The van der Waals surface area contributed by atoms with Gasteiger partial charge in [-0.1, -0.05) is 0 Å². The number of sulfonamides is 1. The molecule has 2 aliphatic heterocycles. The number of hydrogen-bond donors (Lipinski definition) is 0. The van der Waals surface area contributed by atoms with E-state index < -0.39 is 10.0 Å². The van der Waals surface area contributed by atoms with Crippen molar-refractivity contribution in [2.24, 2.45) is 5.92 Å². The lowest BCUT2D eigenvalue weighted by molar-refractivity contribution is -0.140. The molecule has 0 aliphatic carbocycles. The number of nitrogens with zero attached hydrogens (tertiary/aromatic N) is 2. The lowest BCUT2D eigenvalue weighted by Crippen LogP contribution is -2.50. The first-order chi connectivity index (χ1) is 9.41. The standard InChI is InChI=1S/C12H22N2O5S/c1-18-9-12(15)13-4-3-10-7-14(20(2,16)17)5-6-19-11(10)8-13/h10-11H,3-9H2,1-2H3/t10-,11-/m1/s1. The van der Waals surface area contributed by atoms with E-state index in [4.69, 9.17) is 9.47 Å². The summed E-state index contributed by atoms with van der Waals surface area (Å²) in [5.41, 5.74) is 0. The van der Waals surface area contributed by atoms with E-state index in [1.807, 2.05) is 0 Å². The third kappa shape index (κ3) is 3.69. The van der Waals surface area contributed by atoms with Gasteiger partial charge in [0.15, 0.2) is 0 Å². The maximum atomic E-state index is 11.8. The molecule has 20 heavy (non-hydrogen) atoms. The minimum atomic E-state index is -3.19. The van der Waals surface area contributed by atoms with Crippen LogP contribution in [0.5, 0.6) is 0 Å².